The van der Waals surface area contributed by atoms with Crippen molar-refractivity contribution in [2.75, 3.05) is 0 Å². The number of Topliss-reactive ketones (excluding diaryl/α,β-unsaturated/α-hetero) is 1. The number of benzene rings is 2. The van der Waals surface area contributed by atoms with Crippen molar-refractivity contribution in [3.63, 3.8) is 0 Å². The third-order valence-corrected chi connectivity index (χ3v) is 6.33. The van der Waals surface area contributed by atoms with Gasteiger partial charge in [0.15, 0.2) is 11.7 Å². The van der Waals surface area contributed by atoms with Gasteiger partial charge in [-0.05, 0) is 56.9 Å². The maximum absolute atomic E-state index is 13.3. The van der Waals surface area contributed by atoms with Crippen molar-refractivity contribution in [1.82, 2.24) is 15.6 Å². The number of aromatic hydroxyl groups is 2. The normalized spacial score (nSPS) is 12.9. The lowest BCUT2D eigenvalue weighted by Crippen LogP contribution is -2.46. The molecule has 0 radical (unpaired) electrons. The summed E-state index contributed by atoms with van der Waals surface area (Å²) in [6.07, 6.45) is -0.886. The SMILES string of the molecule is Cc1c(O)[nH]c(O)c1C(=O)[C@@H](NC(=O)CC(NC(=O)OC(C)(C)C)c1ccc(OCc2ccccc2)cc1)C(C)C. The minimum absolute atomic E-state index is 0.0870. The number of nitrogens with one attached hydrogen (secondary N) is 3. The Morgan fingerprint density at radius 2 is 1.56 bits per heavy atom. The molecule has 1 heterocycles. The van der Waals surface area contributed by atoms with E-state index in [1.54, 1.807) is 58.9 Å². The Morgan fingerprint density at radius 3 is 2.10 bits per heavy atom. The van der Waals surface area contributed by atoms with Gasteiger partial charge in [-0.1, -0.05) is 56.3 Å². The van der Waals surface area contributed by atoms with Crippen molar-refractivity contribution in [3.8, 4) is 17.5 Å². The van der Waals surface area contributed by atoms with E-state index >= 15 is 0 Å². The fourth-order valence-corrected chi connectivity index (χ4v) is 4.21. The van der Waals surface area contributed by atoms with Gasteiger partial charge in [0.1, 0.15) is 18.0 Å². The summed E-state index contributed by atoms with van der Waals surface area (Å²) in [5, 5.41) is 25.5. The number of carbonyl (C=O) groups excluding carboxylic acids is 3. The molecule has 2 atom stereocenters. The molecule has 0 saturated carbocycles. The number of aromatic amines is 1. The molecule has 0 bridgehead atoms. The van der Waals surface area contributed by atoms with Crippen molar-refractivity contribution in [2.45, 2.75) is 72.3 Å². The molecular weight excluding hydrogens is 526 g/mol. The number of aromatic nitrogens is 1. The fraction of sp³-hybridized carbons (Fsp3) is 0.387. The summed E-state index contributed by atoms with van der Waals surface area (Å²) in [5.41, 5.74) is 1.01. The minimum atomic E-state index is -0.988. The van der Waals surface area contributed by atoms with Crippen molar-refractivity contribution in [3.05, 3.63) is 76.9 Å². The maximum atomic E-state index is 13.3. The Balaban J connectivity index is 1.77. The van der Waals surface area contributed by atoms with Crippen LogP contribution in [0, 0.1) is 12.8 Å². The summed E-state index contributed by atoms with van der Waals surface area (Å²) in [7, 11) is 0. The zero-order valence-corrected chi connectivity index (χ0v) is 24.3. The molecule has 0 fully saturated rings. The van der Waals surface area contributed by atoms with Crippen LogP contribution in [0.4, 0.5) is 4.79 Å². The molecule has 5 N–H and O–H groups in total. The van der Waals surface area contributed by atoms with Crippen LogP contribution in [0.15, 0.2) is 54.6 Å². The van der Waals surface area contributed by atoms with Crippen LogP contribution < -0.4 is 15.4 Å². The second kappa shape index (κ2) is 13.3. The summed E-state index contributed by atoms with van der Waals surface area (Å²) in [6.45, 7) is 10.6. The Hall–Kier alpha value is -4.47. The van der Waals surface area contributed by atoms with Crippen LogP contribution in [0.3, 0.4) is 0 Å². The lowest BCUT2D eigenvalue weighted by Gasteiger charge is -2.25. The van der Waals surface area contributed by atoms with Gasteiger partial charge < -0.3 is 30.3 Å². The van der Waals surface area contributed by atoms with Crippen molar-refractivity contribution < 1.29 is 34.1 Å². The van der Waals surface area contributed by atoms with E-state index in [0.29, 0.717) is 17.9 Å². The molecule has 3 rings (SSSR count). The van der Waals surface area contributed by atoms with Crippen LogP contribution in [0.5, 0.6) is 17.5 Å². The highest BCUT2D eigenvalue weighted by atomic mass is 16.6. The molecule has 220 valence electrons. The quantitative estimate of drug-likeness (QED) is 0.198. The monoisotopic (exact) mass is 565 g/mol. The molecule has 0 aliphatic rings. The van der Waals surface area contributed by atoms with E-state index in [2.05, 4.69) is 15.6 Å². The molecule has 10 nitrogen and oxygen atoms in total. The summed E-state index contributed by atoms with van der Waals surface area (Å²) >= 11 is 0. The first kappa shape index (κ1) is 31.1. The molecule has 0 aliphatic heterocycles. The van der Waals surface area contributed by atoms with Gasteiger partial charge >= 0.3 is 6.09 Å². The number of hydrogen-bond acceptors (Lipinski definition) is 7. The molecule has 0 saturated heterocycles. The van der Waals surface area contributed by atoms with Crippen molar-refractivity contribution >= 4 is 17.8 Å². The predicted octanol–water partition coefficient (Wildman–Crippen LogP) is 5.29. The first-order valence-electron chi connectivity index (χ1n) is 13.5. The molecule has 0 spiro atoms. The molecule has 2 amide bonds. The standard InChI is InChI=1S/C31H39N3O7/c1-18(2)26(27(36)25-19(3)28(37)34-29(25)38)33-24(35)16-23(32-30(39)41-31(4,5)6)21-12-14-22(15-13-21)40-17-20-10-8-7-9-11-20/h7-15,18,23,26,34,37-38H,16-17H2,1-6H3,(H,32,39)(H,33,35)/t23?,26-/m0/s1. The summed E-state index contributed by atoms with van der Waals surface area (Å²) in [5.74, 6) is -1.55. The van der Waals surface area contributed by atoms with Gasteiger partial charge in [-0.2, -0.15) is 0 Å². The Kier molecular flexibility index (Phi) is 10.0. The van der Waals surface area contributed by atoms with Crippen LogP contribution in [0.25, 0.3) is 0 Å². The predicted molar refractivity (Wildman–Crippen MR) is 154 cm³/mol. The highest BCUT2D eigenvalue weighted by Gasteiger charge is 2.32. The average molecular weight is 566 g/mol. The molecule has 3 aromatic rings. The van der Waals surface area contributed by atoms with E-state index in [4.69, 9.17) is 9.47 Å². The van der Waals surface area contributed by atoms with E-state index in [-0.39, 0.29) is 29.3 Å². The largest absolute Gasteiger partial charge is 0.494 e. The molecular formula is C31H39N3O7. The number of H-pyrrole nitrogens is 1. The summed E-state index contributed by atoms with van der Waals surface area (Å²) < 4.78 is 11.3. The van der Waals surface area contributed by atoms with Crippen LogP contribution in [0.1, 0.15) is 74.1 Å². The van der Waals surface area contributed by atoms with Crippen LogP contribution >= 0.6 is 0 Å². The van der Waals surface area contributed by atoms with Gasteiger partial charge in [-0.25, -0.2) is 4.79 Å². The van der Waals surface area contributed by atoms with Gasteiger partial charge in [-0.3, -0.25) is 14.6 Å². The molecule has 10 heteroatoms. The maximum Gasteiger partial charge on any atom is 0.408 e. The average Bonchev–Trinajstić information content (AvgIpc) is 3.15. The Morgan fingerprint density at radius 1 is 0.927 bits per heavy atom. The second-order valence-corrected chi connectivity index (χ2v) is 11.2. The van der Waals surface area contributed by atoms with Crippen molar-refractivity contribution in [2.24, 2.45) is 5.92 Å². The number of amides is 2. The van der Waals surface area contributed by atoms with Gasteiger partial charge in [0.05, 0.1) is 24.1 Å². The highest BCUT2D eigenvalue weighted by Crippen LogP contribution is 2.30. The Labute approximate surface area is 240 Å². The highest BCUT2D eigenvalue weighted by molar-refractivity contribution is 6.05. The van der Waals surface area contributed by atoms with E-state index < -0.39 is 41.3 Å². The molecule has 2 aromatic carbocycles. The molecule has 1 aromatic heterocycles. The first-order chi connectivity index (χ1) is 19.2. The lowest BCUT2D eigenvalue weighted by atomic mass is 9.93. The molecule has 41 heavy (non-hydrogen) atoms. The summed E-state index contributed by atoms with van der Waals surface area (Å²) in [6, 6.07) is 15.0. The smallest absolute Gasteiger partial charge is 0.408 e. The first-order valence-corrected chi connectivity index (χ1v) is 13.5. The molecule has 1 unspecified atom stereocenters. The summed E-state index contributed by atoms with van der Waals surface area (Å²) in [4.78, 5) is 41.5. The third kappa shape index (κ3) is 8.76. The zero-order valence-electron chi connectivity index (χ0n) is 24.3. The van der Waals surface area contributed by atoms with Gasteiger partial charge in [0.25, 0.3) is 0 Å². The van der Waals surface area contributed by atoms with Crippen LogP contribution in [-0.4, -0.2) is 44.6 Å². The second-order valence-electron chi connectivity index (χ2n) is 11.2. The lowest BCUT2D eigenvalue weighted by molar-refractivity contribution is -0.122. The van der Waals surface area contributed by atoms with E-state index in [1.165, 1.54) is 6.92 Å². The number of hydrogen-bond donors (Lipinski definition) is 5. The van der Waals surface area contributed by atoms with Crippen molar-refractivity contribution in [1.29, 1.82) is 0 Å². The number of rotatable bonds is 11. The van der Waals surface area contributed by atoms with Gasteiger partial charge in [0.2, 0.25) is 11.8 Å². The van der Waals surface area contributed by atoms with Gasteiger partial charge in [-0.15, -0.1) is 0 Å². The molecule has 0 aliphatic carbocycles. The van der Waals surface area contributed by atoms with Gasteiger partial charge in [0, 0.05) is 5.56 Å². The minimum Gasteiger partial charge on any atom is -0.494 e. The van der Waals surface area contributed by atoms with Crippen LogP contribution in [0.2, 0.25) is 0 Å². The topological polar surface area (TPSA) is 150 Å². The number of ether oxygens (including phenoxy) is 2. The van der Waals surface area contributed by atoms with E-state index in [1.807, 2.05) is 30.3 Å². The van der Waals surface area contributed by atoms with E-state index in [0.717, 1.165) is 5.56 Å². The van der Waals surface area contributed by atoms with Crippen LogP contribution in [-0.2, 0) is 16.1 Å². The van der Waals surface area contributed by atoms with E-state index in [9.17, 15) is 24.6 Å². The number of ketones is 1. The number of carbonyl (C=O) groups is 3. The Bertz CT molecular complexity index is 1340. The zero-order chi connectivity index (χ0) is 30.3. The fourth-order valence-electron chi connectivity index (χ4n) is 4.21. The third-order valence-electron chi connectivity index (χ3n) is 6.33. The number of alkyl carbamates (subject to hydrolysis) is 1.